The van der Waals surface area contributed by atoms with Gasteiger partial charge in [0.25, 0.3) is 22.8 Å². The van der Waals surface area contributed by atoms with Crippen LogP contribution in [-0.4, -0.2) is 56.1 Å². The number of anilines is 1. The maximum Gasteiger partial charge on any atom is 0.299 e. The number of nitrogens with zero attached hydrogens (tertiary/aromatic N) is 4. The monoisotopic (exact) mass is 555 g/mol. The lowest BCUT2D eigenvalue weighted by Crippen LogP contribution is -2.37. The predicted octanol–water partition coefficient (Wildman–Crippen LogP) is 1.54. The first-order chi connectivity index (χ1) is 18.2. The van der Waals surface area contributed by atoms with Crippen molar-refractivity contribution in [3.8, 4) is 6.07 Å². The Kier molecular flexibility index (Phi) is 7.94. The van der Waals surface area contributed by atoms with Crippen molar-refractivity contribution < 1.29 is 22.2 Å². The van der Waals surface area contributed by atoms with Crippen LogP contribution >= 0.6 is 11.6 Å². The van der Waals surface area contributed by atoms with Crippen molar-refractivity contribution in [2.75, 3.05) is 25.5 Å². The number of hydrogen-bond acceptors (Lipinski definition) is 10. The minimum atomic E-state index is -3.27. The third-order valence-corrected chi connectivity index (χ3v) is 6.48. The van der Waals surface area contributed by atoms with E-state index in [2.05, 4.69) is 26.1 Å². The maximum atomic E-state index is 13.4. The highest BCUT2D eigenvalue weighted by atomic mass is 35.5. The lowest BCUT2D eigenvalue weighted by atomic mass is 10.0. The summed E-state index contributed by atoms with van der Waals surface area (Å²) in [4.78, 5) is 31.8. The number of benzene rings is 1. The number of amidine groups is 1. The summed E-state index contributed by atoms with van der Waals surface area (Å²) in [6, 6.07) is 8.30. The molecule has 1 unspecified atom stereocenters. The van der Waals surface area contributed by atoms with E-state index in [-0.39, 0.29) is 40.6 Å². The molecule has 2 aliphatic heterocycles. The fourth-order valence-electron chi connectivity index (χ4n) is 4.11. The first-order valence-corrected chi connectivity index (χ1v) is 12.7. The van der Waals surface area contributed by atoms with Crippen LogP contribution in [0.15, 0.2) is 59.2 Å². The van der Waals surface area contributed by atoms with Crippen LogP contribution in [0.3, 0.4) is 0 Å². The summed E-state index contributed by atoms with van der Waals surface area (Å²) in [6.45, 7) is 2.04. The molecule has 0 bridgehead atoms. The Labute approximate surface area is 224 Å². The second-order valence-electron chi connectivity index (χ2n) is 8.26. The third-order valence-electron chi connectivity index (χ3n) is 5.80. The molecule has 4 rings (SSSR count). The third kappa shape index (κ3) is 5.61. The highest BCUT2D eigenvalue weighted by molar-refractivity contribution is 7.67. The van der Waals surface area contributed by atoms with Gasteiger partial charge in [0.1, 0.15) is 5.84 Å². The fraction of sp³-hybridized carbons (Fsp3) is 0.208. The quantitative estimate of drug-likeness (QED) is 0.387. The number of aromatic nitrogens is 1. The number of nitrogens with one attached hydrogen (secondary N) is 3. The zero-order chi connectivity index (χ0) is 27.4. The van der Waals surface area contributed by atoms with Gasteiger partial charge in [-0.2, -0.15) is 18.8 Å². The molecule has 0 spiro atoms. The average molecular weight is 556 g/mol. The molecule has 0 radical (unpaired) electrons. The van der Waals surface area contributed by atoms with Crippen LogP contribution in [0.5, 0.6) is 0 Å². The number of rotatable bonds is 6. The van der Waals surface area contributed by atoms with Gasteiger partial charge in [0, 0.05) is 31.6 Å². The number of carbonyl (C=O) groups is 2. The van der Waals surface area contributed by atoms with Crippen LogP contribution < -0.4 is 16.1 Å². The zero-order valence-electron chi connectivity index (χ0n) is 20.2. The zero-order valence-corrected chi connectivity index (χ0v) is 21.8. The number of allylic oxidation sites excluding steroid dienone is 1. The second-order valence-corrected chi connectivity index (χ2v) is 9.30. The number of thiol groups is 1. The molecule has 2 amide bonds. The van der Waals surface area contributed by atoms with Crippen LogP contribution in [-0.2, 0) is 20.0 Å². The minimum Gasteiger partial charge on any atom is -0.383 e. The number of amides is 2. The van der Waals surface area contributed by atoms with Crippen molar-refractivity contribution in [2.45, 2.75) is 12.8 Å². The molecule has 2 aromatic rings. The van der Waals surface area contributed by atoms with Crippen LogP contribution in [0.4, 0.5) is 5.69 Å². The van der Waals surface area contributed by atoms with E-state index in [1.807, 2.05) is 6.07 Å². The first-order valence-electron chi connectivity index (χ1n) is 11.2. The summed E-state index contributed by atoms with van der Waals surface area (Å²) in [5.74, 6) is -1.14. The molecule has 3 heterocycles. The Morgan fingerprint density at radius 2 is 2.11 bits per heavy atom. The first kappa shape index (κ1) is 26.6. The average Bonchev–Trinajstić information content (AvgIpc) is 3.38. The SMILES string of the molecule is CNC(=O)c1cc(C#N)cc(C)c1NC(=O)C1=CC(O[SH](=O)=O)=CN(C2=NNCC2c2ncccc2Cl)C1. The van der Waals surface area contributed by atoms with Gasteiger partial charge < -0.3 is 25.1 Å². The topological polar surface area (TPSA) is 166 Å². The summed E-state index contributed by atoms with van der Waals surface area (Å²) in [5.41, 5.74) is 4.66. The van der Waals surface area contributed by atoms with E-state index < -0.39 is 22.8 Å². The Morgan fingerprint density at radius 1 is 1.32 bits per heavy atom. The van der Waals surface area contributed by atoms with Gasteiger partial charge in [-0.3, -0.25) is 14.6 Å². The predicted molar refractivity (Wildman–Crippen MR) is 140 cm³/mol. The smallest absolute Gasteiger partial charge is 0.299 e. The van der Waals surface area contributed by atoms with Gasteiger partial charge in [-0.1, -0.05) is 11.6 Å². The number of aryl methyl sites for hydroxylation is 1. The van der Waals surface area contributed by atoms with Crippen LogP contribution in [0.1, 0.15) is 33.1 Å². The maximum absolute atomic E-state index is 13.4. The molecule has 38 heavy (non-hydrogen) atoms. The molecule has 1 aromatic heterocycles. The number of carbonyl (C=O) groups excluding carboxylic acids is 2. The van der Waals surface area contributed by atoms with E-state index >= 15 is 0 Å². The van der Waals surface area contributed by atoms with Crippen LogP contribution in [0.2, 0.25) is 5.02 Å². The van der Waals surface area contributed by atoms with E-state index in [4.69, 9.17) is 15.8 Å². The highest BCUT2D eigenvalue weighted by Gasteiger charge is 2.33. The number of hydrazone groups is 1. The summed E-state index contributed by atoms with van der Waals surface area (Å²) >= 11 is 6.35. The Balaban J connectivity index is 1.67. The molecule has 2 aliphatic rings. The molecular weight excluding hydrogens is 534 g/mol. The summed E-state index contributed by atoms with van der Waals surface area (Å²) < 4.78 is 27.6. The number of hydrogen-bond donors (Lipinski definition) is 4. The van der Waals surface area contributed by atoms with E-state index in [1.165, 1.54) is 25.4 Å². The van der Waals surface area contributed by atoms with Crippen molar-refractivity contribution in [3.05, 3.63) is 81.5 Å². The van der Waals surface area contributed by atoms with Gasteiger partial charge in [-0.05, 0) is 42.8 Å². The van der Waals surface area contributed by atoms with Gasteiger partial charge in [-0.15, -0.1) is 0 Å². The van der Waals surface area contributed by atoms with Gasteiger partial charge in [0.2, 0.25) is 0 Å². The lowest BCUT2D eigenvalue weighted by molar-refractivity contribution is -0.113. The molecule has 3 N–H and O–H groups in total. The van der Waals surface area contributed by atoms with Crippen LogP contribution in [0.25, 0.3) is 0 Å². The second kappa shape index (κ2) is 11.3. The molecule has 0 fully saturated rings. The Morgan fingerprint density at radius 3 is 2.79 bits per heavy atom. The highest BCUT2D eigenvalue weighted by Crippen LogP contribution is 2.30. The lowest BCUT2D eigenvalue weighted by Gasteiger charge is -2.28. The van der Waals surface area contributed by atoms with Crippen molar-refractivity contribution >= 4 is 45.9 Å². The molecular formula is C24H22ClN7O5S. The fourth-order valence-corrected chi connectivity index (χ4v) is 4.63. The normalized spacial score (nSPS) is 16.6. The van der Waals surface area contributed by atoms with Crippen molar-refractivity contribution in [3.63, 3.8) is 0 Å². The van der Waals surface area contributed by atoms with Gasteiger partial charge in [0.05, 0.1) is 46.1 Å². The van der Waals surface area contributed by atoms with E-state index in [1.54, 1.807) is 36.2 Å². The molecule has 12 nitrogen and oxygen atoms in total. The van der Waals surface area contributed by atoms with E-state index in [9.17, 15) is 23.3 Å². The van der Waals surface area contributed by atoms with Crippen LogP contribution in [0, 0.1) is 18.3 Å². The van der Waals surface area contributed by atoms with Crippen molar-refractivity contribution in [1.29, 1.82) is 5.26 Å². The molecule has 0 saturated carbocycles. The molecule has 14 heteroatoms. The Hall–Kier alpha value is -4.41. The van der Waals surface area contributed by atoms with Crippen molar-refractivity contribution in [1.82, 2.24) is 20.6 Å². The molecule has 0 aliphatic carbocycles. The molecule has 1 atom stereocenters. The van der Waals surface area contributed by atoms with Crippen molar-refractivity contribution in [2.24, 2.45) is 5.10 Å². The largest absolute Gasteiger partial charge is 0.383 e. The summed E-state index contributed by atoms with van der Waals surface area (Å²) in [6.07, 6.45) is 4.31. The number of pyridine rings is 1. The Bertz CT molecular complexity index is 1520. The van der Waals surface area contributed by atoms with Gasteiger partial charge in [0.15, 0.2) is 5.76 Å². The number of halogens is 1. The van der Waals surface area contributed by atoms with Gasteiger partial charge >= 0.3 is 0 Å². The molecule has 196 valence electrons. The standard InChI is InChI=1S/C24H22ClN7O5S/c1-13-6-14(9-26)7-17(24(34)27-2)20(13)30-23(33)15-8-16(37-38(35)36)12-32(11-15)22-18(10-29-31-22)21-19(25)4-3-5-28-21/h3-8,12,18,29,38H,10-11H2,1-2H3,(H,27,34)(H,30,33). The summed E-state index contributed by atoms with van der Waals surface area (Å²) in [7, 11) is -1.84. The molecule has 1 aromatic carbocycles. The minimum absolute atomic E-state index is 0.000430. The van der Waals surface area contributed by atoms with Gasteiger partial charge in [-0.25, -0.2) is 0 Å². The van der Waals surface area contributed by atoms with E-state index in [0.717, 1.165) is 0 Å². The van der Waals surface area contributed by atoms with E-state index in [0.29, 0.717) is 28.7 Å². The summed E-state index contributed by atoms with van der Waals surface area (Å²) in [5, 5.41) is 19.3. The number of nitriles is 1. The molecule has 0 saturated heterocycles.